The molecular formula is C18H25NS. The summed E-state index contributed by atoms with van der Waals surface area (Å²) in [7, 11) is 0. The van der Waals surface area contributed by atoms with Gasteiger partial charge in [0.1, 0.15) is 0 Å². The molecule has 1 N–H and O–H groups in total. The fraction of sp³-hybridized carbons (Fsp3) is 0.444. The second-order valence-corrected chi connectivity index (χ2v) is 6.82. The van der Waals surface area contributed by atoms with Gasteiger partial charge >= 0.3 is 0 Å². The molecule has 1 aromatic heterocycles. The number of rotatable bonds is 7. The normalized spacial score (nSPS) is 12.8. The van der Waals surface area contributed by atoms with Crippen LogP contribution in [0.15, 0.2) is 41.8 Å². The highest BCUT2D eigenvalue weighted by atomic mass is 32.1. The summed E-state index contributed by atoms with van der Waals surface area (Å²) in [5.41, 5.74) is 2.82. The average molecular weight is 287 g/mol. The van der Waals surface area contributed by atoms with Gasteiger partial charge in [0.15, 0.2) is 0 Å². The van der Waals surface area contributed by atoms with Gasteiger partial charge in [-0.3, -0.25) is 0 Å². The van der Waals surface area contributed by atoms with Crippen molar-refractivity contribution in [3.05, 3.63) is 57.8 Å². The monoisotopic (exact) mass is 287 g/mol. The van der Waals surface area contributed by atoms with Gasteiger partial charge in [0.25, 0.3) is 0 Å². The SMILES string of the molecule is Cc1cccc(C(CCc2cccs2)CNC(C)C)c1. The summed E-state index contributed by atoms with van der Waals surface area (Å²) in [5.74, 6) is 0.597. The second kappa shape index (κ2) is 7.61. The van der Waals surface area contributed by atoms with Gasteiger partial charge in [-0.1, -0.05) is 49.7 Å². The van der Waals surface area contributed by atoms with Crippen molar-refractivity contribution >= 4 is 11.3 Å². The molecular weight excluding hydrogens is 262 g/mol. The molecule has 0 amide bonds. The predicted octanol–water partition coefficient (Wildman–Crippen LogP) is 4.77. The molecule has 0 spiro atoms. The van der Waals surface area contributed by atoms with E-state index in [0.717, 1.165) is 6.54 Å². The van der Waals surface area contributed by atoms with Crippen LogP contribution >= 0.6 is 11.3 Å². The Morgan fingerprint density at radius 1 is 1.15 bits per heavy atom. The second-order valence-electron chi connectivity index (χ2n) is 5.79. The predicted molar refractivity (Wildman–Crippen MR) is 89.7 cm³/mol. The Labute approximate surface area is 127 Å². The first-order chi connectivity index (χ1) is 9.65. The maximum atomic E-state index is 3.60. The van der Waals surface area contributed by atoms with Crippen LogP contribution in [-0.4, -0.2) is 12.6 Å². The maximum Gasteiger partial charge on any atom is 0.00454 e. The van der Waals surface area contributed by atoms with Gasteiger partial charge in [0, 0.05) is 17.5 Å². The molecule has 20 heavy (non-hydrogen) atoms. The molecule has 1 aromatic carbocycles. The van der Waals surface area contributed by atoms with Crippen molar-refractivity contribution in [1.29, 1.82) is 0 Å². The molecule has 1 atom stereocenters. The van der Waals surface area contributed by atoms with E-state index >= 15 is 0 Å². The topological polar surface area (TPSA) is 12.0 Å². The van der Waals surface area contributed by atoms with E-state index in [9.17, 15) is 0 Å². The summed E-state index contributed by atoms with van der Waals surface area (Å²) in [5, 5.41) is 5.77. The van der Waals surface area contributed by atoms with E-state index in [2.05, 4.69) is 67.9 Å². The number of hydrogen-bond donors (Lipinski definition) is 1. The summed E-state index contributed by atoms with van der Waals surface area (Å²) in [6, 6.07) is 13.9. The van der Waals surface area contributed by atoms with Crippen molar-refractivity contribution in [2.75, 3.05) is 6.54 Å². The van der Waals surface area contributed by atoms with Crippen molar-refractivity contribution in [3.8, 4) is 0 Å². The van der Waals surface area contributed by atoms with Gasteiger partial charge in [-0.15, -0.1) is 11.3 Å². The maximum absolute atomic E-state index is 3.60. The van der Waals surface area contributed by atoms with Crippen LogP contribution in [0.1, 0.15) is 42.2 Å². The third-order valence-corrected chi connectivity index (χ3v) is 4.54. The van der Waals surface area contributed by atoms with Crippen LogP contribution in [0.25, 0.3) is 0 Å². The average Bonchev–Trinajstić information content (AvgIpc) is 2.91. The quantitative estimate of drug-likeness (QED) is 0.773. The van der Waals surface area contributed by atoms with E-state index in [0.29, 0.717) is 12.0 Å². The van der Waals surface area contributed by atoms with Crippen molar-refractivity contribution in [1.82, 2.24) is 5.32 Å². The van der Waals surface area contributed by atoms with Crippen molar-refractivity contribution in [2.24, 2.45) is 0 Å². The van der Waals surface area contributed by atoms with Crippen LogP contribution in [0.3, 0.4) is 0 Å². The van der Waals surface area contributed by atoms with Gasteiger partial charge in [0.05, 0.1) is 0 Å². The molecule has 2 rings (SSSR count). The van der Waals surface area contributed by atoms with Gasteiger partial charge in [-0.05, 0) is 42.7 Å². The zero-order valence-electron chi connectivity index (χ0n) is 12.7. The summed E-state index contributed by atoms with van der Waals surface area (Å²) in [6.45, 7) is 7.67. The summed E-state index contributed by atoms with van der Waals surface area (Å²) >= 11 is 1.87. The number of thiophene rings is 1. The third kappa shape index (κ3) is 4.77. The van der Waals surface area contributed by atoms with Crippen LogP contribution in [0.5, 0.6) is 0 Å². The number of benzene rings is 1. The fourth-order valence-electron chi connectivity index (χ4n) is 2.46. The first-order valence-electron chi connectivity index (χ1n) is 7.47. The Kier molecular flexibility index (Phi) is 5.81. The van der Waals surface area contributed by atoms with E-state index in [4.69, 9.17) is 0 Å². The Morgan fingerprint density at radius 3 is 2.65 bits per heavy atom. The van der Waals surface area contributed by atoms with Crippen LogP contribution in [0.2, 0.25) is 0 Å². The first-order valence-corrected chi connectivity index (χ1v) is 8.35. The molecule has 0 saturated carbocycles. The zero-order valence-corrected chi connectivity index (χ0v) is 13.5. The van der Waals surface area contributed by atoms with E-state index in [1.807, 2.05) is 11.3 Å². The Morgan fingerprint density at radius 2 is 2.00 bits per heavy atom. The molecule has 2 heteroatoms. The van der Waals surface area contributed by atoms with Crippen molar-refractivity contribution < 1.29 is 0 Å². The number of nitrogens with one attached hydrogen (secondary N) is 1. The molecule has 1 unspecified atom stereocenters. The summed E-state index contributed by atoms with van der Waals surface area (Å²) < 4.78 is 0. The summed E-state index contributed by atoms with van der Waals surface area (Å²) in [4.78, 5) is 1.49. The van der Waals surface area contributed by atoms with E-state index in [1.54, 1.807) is 0 Å². The molecule has 1 heterocycles. The van der Waals surface area contributed by atoms with E-state index in [1.165, 1.54) is 28.8 Å². The van der Waals surface area contributed by atoms with Crippen LogP contribution in [0, 0.1) is 6.92 Å². The minimum Gasteiger partial charge on any atom is -0.314 e. The highest BCUT2D eigenvalue weighted by Gasteiger charge is 2.12. The summed E-state index contributed by atoms with van der Waals surface area (Å²) in [6.07, 6.45) is 2.39. The van der Waals surface area contributed by atoms with Crippen LogP contribution in [-0.2, 0) is 6.42 Å². The Hall–Kier alpha value is -1.12. The van der Waals surface area contributed by atoms with Gasteiger partial charge in [0.2, 0.25) is 0 Å². The Balaban J connectivity index is 2.03. The lowest BCUT2D eigenvalue weighted by atomic mass is 9.92. The lowest BCUT2D eigenvalue weighted by Gasteiger charge is -2.20. The Bertz CT molecular complexity index is 502. The highest BCUT2D eigenvalue weighted by Crippen LogP contribution is 2.23. The molecule has 1 nitrogen and oxygen atoms in total. The van der Waals surface area contributed by atoms with Gasteiger partial charge < -0.3 is 5.32 Å². The molecule has 0 aliphatic carbocycles. The van der Waals surface area contributed by atoms with E-state index in [-0.39, 0.29) is 0 Å². The van der Waals surface area contributed by atoms with Crippen molar-refractivity contribution in [3.63, 3.8) is 0 Å². The minimum absolute atomic E-state index is 0.545. The molecule has 0 aliphatic rings. The lowest BCUT2D eigenvalue weighted by molar-refractivity contribution is 0.509. The molecule has 2 aromatic rings. The standard InChI is InChI=1S/C18H25NS/c1-14(2)19-13-17(9-10-18-8-5-11-20-18)16-7-4-6-15(3)12-16/h4-8,11-12,14,17,19H,9-10,13H2,1-3H3. The number of hydrogen-bond acceptors (Lipinski definition) is 2. The third-order valence-electron chi connectivity index (χ3n) is 3.61. The minimum atomic E-state index is 0.545. The smallest absolute Gasteiger partial charge is 0.00454 e. The molecule has 108 valence electrons. The van der Waals surface area contributed by atoms with Crippen LogP contribution in [0.4, 0.5) is 0 Å². The van der Waals surface area contributed by atoms with E-state index < -0.39 is 0 Å². The molecule has 0 bridgehead atoms. The highest BCUT2D eigenvalue weighted by molar-refractivity contribution is 7.09. The molecule has 0 fully saturated rings. The van der Waals surface area contributed by atoms with Crippen molar-refractivity contribution in [2.45, 2.75) is 45.6 Å². The lowest BCUT2D eigenvalue weighted by Crippen LogP contribution is -2.28. The molecule has 0 radical (unpaired) electrons. The van der Waals surface area contributed by atoms with Crippen LogP contribution < -0.4 is 5.32 Å². The number of aryl methyl sites for hydroxylation is 2. The van der Waals surface area contributed by atoms with Gasteiger partial charge in [-0.2, -0.15) is 0 Å². The fourth-order valence-corrected chi connectivity index (χ4v) is 3.18. The zero-order chi connectivity index (χ0) is 14.4. The molecule has 0 aliphatic heterocycles. The first kappa shape index (κ1) is 15.3. The largest absolute Gasteiger partial charge is 0.314 e. The molecule has 0 saturated heterocycles. The van der Waals surface area contributed by atoms with Gasteiger partial charge in [-0.25, -0.2) is 0 Å².